The van der Waals surface area contributed by atoms with E-state index in [-0.39, 0.29) is 29.5 Å². The molecule has 1 aliphatic rings. The Morgan fingerprint density at radius 2 is 1.93 bits per heavy atom. The number of hydrogen-bond acceptors (Lipinski definition) is 4. The Balaban J connectivity index is 1.67. The lowest BCUT2D eigenvalue weighted by molar-refractivity contribution is 0.152. The molecule has 1 N–H and O–H groups in total. The highest BCUT2D eigenvalue weighted by Crippen LogP contribution is 2.27. The van der Waals surface area contributed by atoms with Gasteiger partial charge in [0.2, 0.25) is 0 Å². The third kappa shape index (κ3) is 3.75. The molecule has 0 spiro atoms. The van der Waals surface area contributed by atoms with E-state index in [2.05, 4.69) is 4.98 Å². The molecule has 1 aliphatic heterocycles. The van der Waals surface area contributed by atoms with Crippen molar-refractivity contribution in [3.05, 3.63) is 65.7 Å². The first-order valence-corrected chi connectivity index (χ1v) is 10.8. The zero-order valence-corrected chi connectivity index (χ0v) is 15.6. The quantitative estimate of drug-likeness (QED) is 0.730. The van der Waals surface area contributed by atoms with Crippen molar-refractivity contribution in [3.63, 3.8) is 0 Å². The fourth-order valence-corrected chi connectivity index (χ4v) is 5.65. The van der Waals surface area contributed by atoms with Crippen molar-refractivity contribution in [1.29, 1.82) is 0 Å². The molecule has 1 saturated heterocycles. The molecule has 2 unspecified atom stereocenters. The molecule has 1 fully saturated rings. The number of benzene rings is 2. The molecule has 2 aromatic carbocycles. The van der Waals surface area contributed by atoms with Gasteiger partial charge in [0.25, 0.3) is 0 Å². The van der Waals surface area contributed by atoms with Crippen LogP contribution in [-0.4, -0.2) is 34.6 Å². The van der Waals surface area contributed by atoms with Crippen LogP contribution in [0.2, 0.25) is 0 Å². The predicted molar refractivity (Wildman–Crippen MR) is 102 cm³/mol. The maximum atomic E-state index is 14.0. The number of sulfone groups is 1. The summed E-state index contributed by atoms with van der Waals surface area (Å²) < 4.78 is 39.5. The number of aromatic nitrogens is 2. The first kappa shape index (κ1) is 18.1. The summed E-state index contributed by atoms with van der Waals surface area (Å²) in [6, 6.07) is 13.7. The van der Waals surface area contributed by atoms with Crippen molar-refractivity contribution < 1.29 is 17.9 Å². The fraction of sp³-hybridized carbons (Fsp3) is 0.350. The van der Waals surface area contributed by atoms with E-state index in [1.807, 2.05) is 28.8 Å². The second kappa shape index (κ2) is 7.05. The number of fused-ring (bicyclic) bond motifs is 1. The van der Waals surface area contributed by atoms with Crippen LogP contribution >= 0.6 is 0 Å². The van der Waals surface area contributed by atoms with E-state index in [0.29, 0.717) is 12.8 Å². The first-order chi connectivity index (χ1) is 12.9. The van der Waals surface area contributed by atoms with Gasteiger partial charge < -0.3 is 9.67 Å². The number of halogens is 1. The number of nitrogens with zero attached hydrogens (tertiary/aromatic N) is 2. The van der Waals surface area contributed by atoms with Crippen LogP contribution in [0.5, 0.6) is 0 Å². The van der Waals surface area contributed by atoms with Crippen molar-refractivity contribution >= 4 is 20.9 Å². The molecular weight excluding hydrogens is 367 g/mol. The van der Waals surface area contributed by atoms with Crippen LogP contribution < -0.4 is 0 Å². The monoisotopic (exact) mass is 388 g/mol. The van der Waals surface area contributed by atoms with Crippen molar-refractivity contribution in [2.75, 3.05) is 11.5 Å². The van der Waals surface area contributed by atoms with Crippen LogP contribution in [0.1, 0.15) is 23.9 Å². The molecule has 5 nitrogen and oxygen atoms in total. The smallest absolute Gasteiger partial charge is 0.150 e. The van der Waals surface area contributed by atoms with Crippen LogP contribution in [0, 0.1) is 11.7 Å². The lowest BCUT2D eigenvalue weighted by Crippen LogP contribution is -2.16. The summed E-state index contributed by atoms with van der Waals surface area (Å²) in [5, 5.41) is 10.6. The summed E-state index contributed by atoms with van der Waals surface area (Å²) in [5.74, 6) is 0.699. The zero-order chi connectivity index (χ0) is 19.0. The van der Waals surface area contributed by atoms with Gasteiger partial charge in [-0.2, -0.15) is 0 Å². The molecule has 142 valence electrons. The SMILES string of the molecule is O=S1(=O)CCC(Cc2nc3ccccc3n2CC(O)c2ccccc2F)C1. The summed E-state index contributed by atoms with van der Waals surface area (Å²) in [7, 11) is -2.97. The number of rotatable bonds is 5. The number of aliphatic hydroxyl groups excluding tert-OH is 1. The zero-order valence-electron chi connectivity index (χ0n) is 14.8. The minimum Gasteiger partial charge on any atom is -0.386 e. The molecule has 2 atom stereocenters. The predicted octanol–water partition coefficient (Wildman–Crippen LogP) is 2.89. The van der Waals surface area contributed by atoms with Gasteiger partial charge in [-0.15, -0.1) is 0 Å². The van der Waals surface area contributed by atoms with Gasteiger partial charge in [0.1, 0.15) is 11.6 Å². The Kier molecular flexibility index (Phi) is 4.74. The largest absolute Gasteiger partial charge is 0.386 e. The van der Waals surface area contributed by atoms with Crippen LogP contribution in [0.3, 0.4) is 0 Å². The highest BCUT2D eigenvalue weighted by Gasteiger charge is 2.29. The maximum Gasteiger partial charge on any atom is 0.150 e. The van der Waals surface area contributed by atoms with E-state index in [1.165, 1.54) is 6.07 Å². The summed E-state index contributed by atoms with van der Waals surface area (Å²) >= 11 is 0. The van der Waals surface area contributed by atoms with Gasteiger partial charge in [-0.05, 0) is 30.5 Å². The summed E-state index contributed by atoms with van der Waals surface area (Å²) in [5.41, 5.74) is 1.88. The van der Waals surface area contributed by atoms with E-state index in [4.69, 9.17) is 0 Å². The molecule has 0 radical (unpaired) electrons. The third-order valence-corrected chi connectivity index (χ3v) is 6.99. The van der Waals surface area contributed by atoms with E-state index >= 15 is 0 Å². The topological polar surface area (TPSA) is 72.2 Å². The number of aliphatic hydroxyl groups is 1. The first-order valence-electron chi connectivity index (χ1n) is 9.00. The van der Waals surface area contributed by atoms with Gasteiger partial charge in [0.05, 0.1) is 35.2 Å². The average Bonchev–Trinajstić information content (AvgIpc) is 3.15. The molecule has 0 amide bonds. The van der Waals surface area contributed by atoms with Gasteiger partial charge in [0.15, 0.2) is 9.84 Å². The van der Waals surface area contributed by atoms with Gasteiger partial charge >= 0.3 is 0 Å². The van der Waals surface area contributed by atoms with Crippen molar-refractivity contribution in [2.45, 2.75) is 25.5 Å². The van der Waals surface area contributed by atoms with Gasteiger partial charge in [-0.25, -0.2) is 17.8 Å². The fourth-order valence-electron chi connectivity index (χ4n) is 3.79. The highest BCUT2D eigenvalue weighted by molar-refractivity contribution is 7.91. The van der Waals surface area contributed by atoms with Crippen LogP contribution in [0.25, 0.3) is 11.0 Å². The van der Waals surface area contributed by atoms with Crippen LogP contribution in [0.15, 0.2) is 48.5 Å². The van der Waals surface area contributed by atoms with Crippen molar-refractivity contribution in [3.8, 4) is 0 Å². The Bertz CT molecular complexity index is 1080. The molecule has 0 aliphatic carbocycles. The van der Waals surface area contributed by atoms with Crippen LogP contribution in [-0.2, 0) is 22.8 Å². The lowest BCUT2D eigenvalue weighted by atomic mass is 10.0. The third-order valence-electron chi connectivity index (χ3n) is 5.15. The minimum atomic E-state index is -2.97. The Hall–Kier alpha value is -2.25. The maximum absolute atomic E-state index is 14.0. The Labute approximate surface area is 157 Å². The highest BCUT2D eigenvalue weighted by atomic mass is 32.2. The molecule has 2 heterocycles. The summed E-state index contributed by atoms with van der Waals surface area (Å²) in [6.45, 7) is 0.163. The average molecular weight is 388 g/mol. The van der Waals surface area contributed by atoms with E-state index < -0.39 is 21.8 Å². The molecule has 0 saturated carbocycles. The second-order valence-corrected chi connectivity index (χ2v) is 9.37. The Morgan fingerprint density at radius 3 is 2.67 bits per heavy atom. The van der Waals surface area contributed by atoms with Gasteiger partial charge in [0, 0.05) is 12.0 Å². The molecule has 3 aromatic rings. The summed E-state index contributed by atoms with van der Waals surface area (Å²) in [6.07, 6.45) is 0.133. The van der Waals surface area contributed by atoms with Crippen LogP contribution in [0.4, 0.5) is 4.39 Å². The van der Waals surface area contributed by atoms with E-state index in [9.17, 15) is 17.9 Å². The molecule has 1 aromatic heterocycles. The molecule has 4 rings (SSSR count). The molecular formula is C20H21FN2O3S. The van der Waals surface area contributed by atoms with E-state index in [1.54, 1.807) is 18.2 Å². The minimum absolute atomic E-state index is 0.0242. The number of imidazole rings is 1. The lowest BCUT2D eigenvalue weighted by Gasteiger charge is -2.17. The number of hydrogen-bond donors (Lipinski definition) is 1. The second-order valence-electron chi connectivity index (χ2n) is 7.14. The van der Waals surface area contributed by atoms with Gasteiger partial charge in [-0.1, -0.05) is 30.3 Å². The Morgan fingerprint density at radius 1 is 1.19 bits per heavy atom. The van der Waals surface area contributed by atoms with Gasteiger partial charge in [-0.3, -0.25) is 0 Å². The van der Waals surface area contributed by atoms with Crippen molar-refractivity contribution in [1.82, 2.24) is 9.55 Å². The standard InChI is InChI=1S/C20H21FN2O3S/c21-16-6-2-1-5-15(16)19(24)12-23-18-8-4-3-7-17(18)22-20(23)11-14-9-10-27(25,26)13-14/h1-8,14,19,24H,9-13H2. The van der Waals surface area contributed by atoms with Crippen molar-refractivity contribution in [2.24, 2.45) is 5.92 Å². The molecule has 27 heavy (non-hydrogen) atoms. The molecule has 7 heteroatoms. The summed E-state index contributed by atoms with van der Waals surface area (Å²) in [4.78, 5) is 4.66. The number of para-hydroxylation sites is 2. The van der Waals surface area contributed by atoms with E-state index in [0.717, 1.165) is 16.9 Å². The molecule has 0 bridgehead atoms. The normalized spacial score (nSPS) is 20.1.